The number of aryl methyl sites for hydroxylation is 1. The van der Waals surface area contributed by atoms with E-state index in [2.05, 4.69) is 43.4 Å². The summed E-state index contributed by atoms with van der Waals surface area (Å²) in [5, 5.41) is 3.40. The van der Waals surface area contributed by atoms with Gasteiger partial charge in [0.25, 0.3) is 0 Å². The predicted molar refractivity (Wildman–Crippen MR) is 76.1 cm³/mol. The van der Waals surface area contributed by atoms with Gasteiger partial charge in [0.1, 0.15) is 11.9 Å². The van der Waals surface area contributed by atoms with Gasteiger partial charge < -0.3 is 10.1 Å². The van der Waals surface area contributed by atoms with Crippen molar-refractivity contribution in [2.24, 2.45) is 5.92 Å². The zero-order valence-corrected chi connectivity index (χ0v) is 11.6. The molecule has 2 unspecified atom stereocenters. The average molecular weight is 247 g/mol. The minimum atomic E-state index is 0.368. The van der Waals surface area contributed by atoms with Crippen LogP contribution in [0.15, 0.2) is 24.3 Å². The summed E-state index contributed by atoms with van der Waals surface area (Å²) in [7, 11) is 0. The van der Waals surface area contributed by atoms with Crippen molar-refractivity contribution in [1.29, 1.82) is 0 Å². The van der Waals surface area contributed by atoms with Crippen LogP contribution in [0.1, 0.15) is 38.7 Å². The van der Waals surface area contributed by atoms with Crippen LogP contribution in [0.25, 0.3) is 0 Å². The molecule has 0 bridgehead atoms. The molecule has 0 spiro atoms. The second-order valence-corrected chi connectivity index (χ2v) is 5.37. The molecule has 2 atom stereocenters. The first-order valence-corrected chi connectivity index (χ1v) is 7.26. The van der Waals surface area contributed by atoms with Crippen LogP contribution < -0.4 is 10.1 Å². The second kappa shape index (κ2) is 6.79. The number of ether oxygens (including phenoxy) is 1. The van der Waals surface area contributed by atoms with Crippen LogP contribution in [0.5, 0.6) is 5.75 Å². The number of hydrogen-bond acceptors (Lipinski definition) is 2. The Labute approximate surface area is 111 Å². The maximum atomic E-state index is 6.09. The summed E-state index contributed by atoms with van der Waals surface area (Å²) in [5.41, 5.74) is 1.42. The van der Waals surface area contributed by atoms with Gasteiger partial charge in [-0.3, -0.25) is 0 Å². The lowest BCUT2D eigenvalue weighted by Crippen LogP contribution is -2.41. The van der Waals surface area contributed by atoms with Gasteiger partial charge in [0.2, 0.25) is 0 Å². The molecule has 100 valence electrons. The Balaban J connectivity index is 1.89. The molecule has 1 N–H and O–H groups in total. The molecule has 18 heavy (non-hydrogen) atoms. The standard InChI is InChI=1S/C16H25NO/c1-3-4-5-14-6-8-15(9-7-14)18-16-10-11-17-12-13(16)2/h6-9,13,16-17H,3-5,10-12H2,1-2H3. The number of benzene rings is 1. The first-order chi connectivity index (χ1) is 8.79. The van der Waals surface area contributed by atoms with Crippen LogP contribution in [-0.4, -0.2) is 19.2 Å². The highest BCUT2D eigenvalue weighted by molar-refractivity contribution is 5.27. The molecular formula is C16H25NO. The minimum absolute atomic E-state index is 0.368. The predicted octanol–water partition coefficient (Wildman–Crippen LogP) is 3.41. The zero-order chi connectivity index (χ0) is 12.8. The van der Waals surface area contributed by atoms with Crippen molar-refractivity contribution in [3.63, 3.8) is 0 Å². The smallest absolute Gasteiger partial charge is 0.119 e. The summed E-state index contributed by atoms with van der Waals surface area (Å²) in [6, 6.07) is 8.66. The number of hydrogen-bond donors (Lipinski definition) is 1. The highest BCUT2D eigenvalue weighted by Crippen LogP contribution is 2.20. The lowest BCUT2D eigenvalue weighted by Gasteiger charge is -2.30. The van der Waals surface area contributed by atoms with Gasteiger partial charge in [-0.1, -0.05) is 32.4 Å². The number of piperidine rings is 1. The molecule has 2 rings (SSSR count). The second-order valence-electron chi connectivity index (χ2n) is 5.37. The third-order valence-electron chi connectivity index (χ3n) is 3.74. The Morgan fingerprint density at radius 1 is 1.28 bits per heavy atom. The van der Waals surface area contributed by atoms with Gasteiger partial charge in [-0.05, 0) is 43.5 Å². The Hall–Kier alpha value is -1.02. The normalized spacial score (nSPS) is 23.9. The van der Waals surface area contributed by atoms with Gasteiger partial charge in [-0.15, -0.1) is 0 Å². The van der Waals surface area contributed by atoms with Crippen LogP contribution in [0, 0.1) is 5.92 Å². The van der Waals surface area contributed by atoms with Gasteiger partial charge in [0, 0.05) is 12.5 Å². The molecule has 0 aliphatic carbocycles. The first kappa shape index (κ1) is 13.4. The monoisotopic (exact) mass is 247 g/mol. The molecule has 1 fully saturated rings. The summed E-state index contributed by atoms with van der Waals surface area (Å²) in [5.74, 6) is 1.62. The molecule has 0 radical (unpaired) electrons. The summed E-state index contributed by atoms with van der Waals surface area (Å²) >= 11 is 0. The van der Waals surface area contributed by atoms with Crippen molar-refractivity contribution in [3.05, 3.63) is 29.8 Å². The largest absolute Gasteiger partial charge is 0.490 e. The molecule has 1 heterocycles. The third-order valence-corrected chi connectivity index (χ3v) is 3.74. The minimum Gasteiger partial charge on any atom is -0.490 e. The maximum absolute atomic E-state index is 6.09. The fraction of sp³-hybridized carbons (Fsp3) is 0.625. The molecule has 1 aromatic rings. The summed E-state index contributed by atoms with van der Waals surface area (Å²) in [6.07, 6.45) is 5.18. The molecule has 1 saturated heterocycles. The van der Waals surface area contributed by atoms with Gasteiger partial charge in [0.05, 0.1) is 0 Å². The van der Waals surface area contributed by atoms with E-state index in [0.29, 0.717) is 12.0 Å². The maximum Gasteiger partial charge on any atom is 0.119 e. The lowest BCUT2D eigenvalue weighted by molar-refractivity contribution is 0.112. The van der Waals surface area contributed by atoms with Crippen LogP contribution in [-0.2, 0) is 6.42 Å². The van der Waals surface area contributed by atoms with E-state index < -0.39 is 0 Å². The number of nitrogens with one attached hydrogen (secondary N) is 1. The molecule has 0 aromatic heterocycles. The average Bonchev–Trinajstić information content (AvgIpc) is 2.41. The number of rotatable bonds is 5. The topological polar surface area (TPSA) is 21.3 Å². The number of unbranched alkanes of at least 4 members (excludes halogenated alkanes) is 1. The summed E-state index contributed by atoms with van der Waals surface area (Å²) in [6.45, 7) is 6.63. The Morgan fingerprint density at radius 3 is 2.72 bits per heavy atom. The highest BCUT2D eigenvalue weighted by Gasteiger charge is 2.22. The van der Waals surface area contributed by atoms with Crippen LogP contribution in [0.2, 0.25) is 0 Å². The fourth-order valence-corrected chi connectivity index (χ4v) is 2.46. The van der Waals surface area contributed by atoms with E-state index in [1.165, 1.54) is 24.8 Å². The van der Waals surface area contributed by atoms with E-state index in [0.717, 1.165) is 25.3 Å². The van der Waals surface area contributed by atoms with Crippen LogP contribution in [0.3, 0.4) is 0 Å². The van der Waals surface area contributed by atoms with Crippen molar-refractivity contribution in [3.8, 4) is 5.75 Å². The van der Waals surface area contributed by atoms with E-state index in [1.807, 2.05) is 0 Å². The van der Waals surface area contributed by atoms with Crippen molar-refractivity contribution in [2.75, 3.05) is 13.1 Å². The molecule has 1 aromatic carbocycles. The van der Waals surface area contributed by atoms with Crippen molar-refractivity contribution in [2.45, 2.75) is 45.6 Å². The Bertz CT molecular complexity index is 347. The molecule has 0 amide bonds. The lowest BCUT2D eigenvalue weighted by atomic mass is 9.98. The molecule has 1 aliphatic heterocycles. The zero-order valence-electron chi connectivity index (χ0n) is 11.6. The molecule has 1 aliphatic rings. The van der Waals surface area contributed by atoms with Crippen molar-refractivity contribution in [1.82, 2.24) is 5.32 Å². The molecule has 2 nitrogen and oxygen atoms in total. The molecule has 2 heteroatoms. The van der Waals surface area contributed by atoms with Crippen molar-refractivity contribution < 1.29 is 4.74 Å². The quantitative estimate of drug-likeness (QED) is 0.861. The van der Waals surface area contributed by atoms with Gasteiger partial charge in [-0.25, -0.2) is 0 Å². The van der Waals surface area contributed by atoms with Gasteiger partial charge in [0.15, 0.2) is 0 Å². The third kappa shape index (κ3) is 3.74. The first-order valence-electron chi connectivity index (χ1n) is 7.26. The van der Waals surface area contributed by atoms with E-state index >= 15 is 0 Å². The Morgan fingerprint density at radius 2 is 2.06 bits per heavy atom. The molecule has 0 saturated carbocycles. The summed E-state index contributed by atoms with van der Waals surface area (Å²) < 4.78 is 6.09. The van der Waals surface area contributed by atoms with Crippen LogP contribution in [0.4, 0.5) is 0 Å². The van der Waals surface area contributed by atoms with Gasteiger partial charge >= 0.3 is 0 Å². The van der Waals surface area contributed by atoms with E-state index in [4.69, 9.17) is 4.74 Å². The highest BCUT2D eigenvalue weighted by atomic mass is 16.5. The van der Waals surface area contributed by atoms with E-state index in [9.17, 15) is 0 Å². The van der Waals surface area contributed by atoms with E-state index in [1.54, 1.807) is 0 Å². The summed E-state index contributed by atoms with van der Waals surface area (Å²) in [4.78, 5) is 0. The molecular weight excluding hydrogens is 222 g/mol. The van der Waals surface area contributed by atoms with E-state index in [-0.39, 0.29) is 0 Å². The van der Waals surface area contributed by atoms with Crippen LogP contribution >= 0.6 is 0 Å². The fourth-order valence-electron chi connectivity index (χ4n) is 2.46. The SMILES string of the molecule is CCCCc1ccc(OC2CCNCC2C)cc1. The Kier molecular flexibility index (Phi) is 5.06. The van der Waals surface area contributed by atoms with Gasteiger partial charge in [-0.2, -0.15) is 0 Å². The van der Waals surface area contributed by atoms with Crippen molar-refractivity contribution >= 4 is 0 Å².